The highest BCUT2D eigenvalue weighted by Crippen LogP contribution is 2.59. The molecule has 4 heterocycles. The van der Waals surface area contributed by atoms with Crippen molar-refractivity contribution >= 4 is 70.9 Å². The van der Waals surface area contributed by atoms with Gasteiger partial charge in [-0.1, -0.05) is 60.7 Å². The van der Waals surface area contributed by atoms with E-state index in [0.29, 0.717) is 40.6 Å². The van der Waals surface area contributed by atoms with Crippen molar-refractivity contribution in [3.63, 3.8) is 0 Å². The molecule has 1 N–H and O–H groups in total. The molecule has 0 radical (unpaired) electrons. The molecule has 1 amide bonds. The number of carbonyl (C=O) groups excluding carboxylic acids is 8. The Morgan fingerprint density at radius 1 is 0.425 bits per heavy atom. The van der Waals surface area contributed by atoms with Gasteiger partial charge in [-0.05, 0) is 205 Å². The lowest BCUT2D eigenvalue weighted by Gasteiger charge is -2.37. The molecule has 0 saturated carbocycles. The maximum Gasteiger partial charge on any atom is 0.340 e. The molecule has 12 rings (SSSR count). The molecule has 0 fully saturated rings. The number of ether oxygens (including phenoxy) is 13. The summed E-state index contributed by atoms with van der Waals surface area (Å²) < 4.78 is 70.5. The maximum absolute atomic E-state index is 13.0. The van der Waals surface area contributed by atoms with Crippen molar-refractivity contribution in [1.82, 2.24) is 10.2 Å². The second-order valence-corrected chi connectivity index (χ2v) is 30.7. The predicted molar refractivity (Wildman–Crippen MR) is 424 cm³/mol. The third kappa shape index (κ3) is 22.5. The molecule has 600 valence electrons. The van der Waals surface area contributed by atoms with Gasteiger partial charge in [0.05, 0.1) is 31.3 Å². The molecular formula is C88H102N4O21. The molecule has 113 heavy (non-hydrogen) atoms. The molecule has 2 atom stereocenters. The Balaban J connectivity index is 0.000000195. The summed E-state index contributed by atoms with van der Waals surface area (Å²) in [7, 11) is 8.49. The van der Waals surface area contributed by atoms with Crippen LogP contribution in [-0.4, -0.2) is 151 Å². The van der Waals surface area contributed by atoms with Crippen molar-refractivity contribution in [2.24, 2.45) is 0 Å². The highest BCUT2D eigenvalue weighted by Gasteiger charge is 2.55. The third-order valence-corrected chi connectivity index (χ3v) is 17.0. The van der Waals surface area contributed by atoms with Gasteiger partial charge in [0.25, 0.3) is 6.47 Å². The minimum Gasteiger partial charge on any atom is -0.471 e. The largest absolute Gasteiger partial charge is 0.471 e. The molecule has 0 bridgehead atoms. The molecule has 0 saturated heterocycles. The highest BCUT2D eigenvalue weighted by molar-refractivity contribution is 5.98. The monoisotopic (exact) mass is 1550 g/mol. The number of carbonyl (C=O) groups is 8. The minimum atomic E-state index is -1.05. The van der Waals surface area contributed by atoms with Gasteiger partial charge < -0.3 is 76.3 Å². The summed E-state index contributed by atoms with van der Waals surface area (Å²) in [4.78, 5) is 97.5. The smallest absolute Gasteiger partial charge is 0.340 e. The van der Waals surface area contributed by atoms with Gasteiger partial charge >= 0.3 is 35.8 Å². The number of hydrogen-bond acceptors (Lipinski definition) is 24. The van der Waals surface area contributed by atoms with Gasteiger partial charge in [0, 0.05) is 104 Å². The van der Waals surface area contributed by atoms with Crippen LogP contribution < -0.4 is 34.1 Å². The van der Waals surface area contributed by atoms with E-state index in [0.717, 1.165) is 83.7 Å². The first kappa shape index (κ1) is 86.8. The molecule has 4 aliphatic heterocycles. The average Bonchev–Trinajstić information content (AvgIpc) is 1.59. The number of hydrogen-bond donors (Lipinski definition) is 1. The van der Waals surface area contributed by atoms with Gasteiger partial charge in [0.2, 0.25) is 5.91 Å². The normalized spacial score (nSPS) is 14.9. The molecule has 8 aromatic carbocycles. The molecule has 8 aromatic rings. The van der Waals surface area contributed by atoms with Gasteiger partial charge in [-0.15, -0.1) is 0 Å². The fourth-order valence-corrected chi connectivity index (χ4v) is 12.4. The van der Waals surface area contributed by atoms with Crippen molar-refractivity contribution in [1.29, 1.82) is 0 Å². The molecule has 25 nitrogen and oxygen atoms in total. The van der Waals surface area contributed by atoms with Crippen LogP contribution in [0.15, 0.2) is 170 Å². The Bertz CT molecular complexity index is 4440. The molecule has 25 heteroatoms. The lowest BCUT2D eigenvalue weighted by Crippen LogP contribution is -2.42. The Morgan fingerprint density at radius 3 is 1.05 bits per heavy atom. The molecular weight excluding hydrogens is 1450 g/mol. The van der Waals surface area contributed by atoms with Gasteiger partial charge in [-0.3, -0.25) is 34.1 Å². The van der Waals surface area contributed by atoms with Crippen LogP contribution in [0.3, 0.4) is 0 Å². The summed E-state index contributed by atoms with van der Waals surface area (Å²) in [6.45, 7) is 26.7. The summed E-state index contributed by atoms with van der Waals surface area (Å²) in [5.41, 5.74) is 7.65. The SMILES string of the molecule is CC(=O)N(CC(=O)OC(C)(C)C)CC(=O)OC(C)(C)C.CC(C)(C)OC(=O)CNCC(=O)OC(C)(C)C.COC=O.COCOc1ccc(N(C)c2ccc3c(c2)Oc2cc(C)ccc2C32OC(=O)c3ccccc32)cc1.COCOc1ccc(N(C)c2ccc3c(c2)Oc2cc(C)ccc2C32OC(=O)c3ccccc32)cc1. The number of anilines is 4. The van der Waals surface area contributed by atoms with Crippen molar-refractivity contribution in [3.8, 4) is 34.5 Å². The second kappa shape index (κ2) is 37.0. The van der Waals surface area contributed by atoms with Crippen LogP contribution in [0, 0.1) is 13.8 Å². The standard InChI is InChI=1S/2C30H25NO5.C14H25NO5.C12H23NO4.C2H4O2/c2*1-19-8-14-25-27(16-19)35-28-17-21(31(2)20-9-12-22(13-10-20)34-18-33-3)11-15-26(28)30(25)24-7-5-4-6-23(24)29(32)36-30;1-10(16)15(8-11(17)19-13(2,3)4)9-12(18)20-14(5,6)7;1-11(2,3)16-9(14)7-13-8-10(15)17-12(4,5)6;1-4-2-3/h2*4-17H,18H2,1-3H3;8-9H2,1-7H3;13H,7-8H2,1-6H3;2H,1H3. The number of esters is 6. The molecule has 2 unspecified atom stereocenters. The lowest BCUT2D eigenvalue weighted by atomic mass is 9.77. The Labute approximate surface area is 660 Å². The molecule has 0 aromatic heterocycles. The van der Waals surface area contributed by atoms with Crippen molar-refractivity contribution < 1.29 is 99.9 Å². The molecule has 4 aliphatic rings. The van der Waals surface area contributed by atoms with E-state index < -0.39 is 45.5 Å². The first-order valence-corrected chi connectivity index (χ1v) is 36.5. The van der Waals surface area contributed by atoms with Crippen LogP contribution in [-0.2, 0) is 82.6 Å². The number of fused-ring (bicyclic) bond motifs is 12. The van der Waals surface area contributed by atoms with Crippen molar-refractivity contribution in [2.75, 3.05) is 85.0 Å². The van der Waals surface area contributed by atoms with E-state index in [2.05, 4.69) is 19.9 Å². The fraction of sp³-hybridized carbons (Fsp3) is 0.364. The van der Waals surface area contributed by atoms with Crippen LogP contribution in [0.1, 0.15) is 155 Å². The lowest BCUT2D eigenvalue weighted by molar-refractivity contribution is -0.163. The van der Waals surface area contributed by atoms with Crippen molar-refractivity contribution in [2.45, 2.75) is 137 Å². The topological polar surface area (TPSA) is 278 Å². The quantitative estimate of drug-likeness (QED) is 0.0341. The van der Waals surface area contributed by atoms with Gasteiger partial charge in [-0.25, -0.2) is 9.59 Å². The Morgan fingerprint density at radius 2 is 0.735 bits per heavy atom. The summed E-state index contributed by atoms with van der Waals surface area (Å²) >= 11 is 0. The summed E-state index contributed by atoms with van der Waals surface area (Å²) in [6.07, 6.45) is 0. The van der Waals surface area contributed by atoms with Crippen LogP contribution >= 0.6 is 0 Å². The van der Waals surface area contributed by atoms with Gasteiger partial charge in [0.15, 0.2) is 24.8 Å². The van der Waals surface area contributed by atoms with Crippen LogP contribution in [0.4, 0.5) is 22.7 Å². The van der Waals surface area contributed by atoms with E-state index in [1.54, 1.807) is 97.3 Å². The number of amides is 1. The van der Waals surface area contributed by atoms with E-state index in [-0.39, 0.29) is 69.5 Å². The minimum absolute atomic E-state index is 0.00346. The average molecular weight is 1550 g/mol. The van der Waals surface area contributed by atoms with E-state index in [1.165, 1.54) is 14.0 Å². The number of benzene rings is 8. The van der Waals surface area contributed by atoms with E-state index >= 15 is 0 Å². The second-order valence-electron chi connectivity index (χ2n) is 30.7. The van der Waals surface area contributed by atoms with Gasteiger partial charge in [-0.2, -0.15) is 0 Å². The number of aryl methyl sites for hydroxylation is 2. The predicted octanol–water partition coefficient (Wildman–Crippen LogP) is 15.2. The first-order chi connectivity index (χ1) is 53.2. The van der Waals surface area contributed by atoms with Crippen LogP contribution in [0.2, 0.25) is 0 Å². The van der Waals surface area contributed by atoms with E-state index in [9.17, 15) is 33.6 Å². The number of methoxy groups -OCH3 is 3. The highest BCUT2D eigenvalue weighted by atomic mass is 16.7. The summed E-state index contributed by atoms with van der Waals surface area (Å²) in [6, 6.07) is 54.8. The third-order valence-electron chi connectivity index (χ3n) is 17.0. The van der Waals surface area contributed by atoms with Crippen LogP contribution in [0.25, 0.3) is 0 Å². The number of nitrogens with one attached hydrogen (secondary N) is 1. The zero-order valence-electron chi connectivity index (χ0n) is 67.9. The van der Waals surface area contributed by atoms with E-state index in [4.69, 9.17) is 61.6 Å². The molecule has 2 spiro atoms. The first-order valence-electron chi connectivity index (χ1n) is 36.5. The zero-order valence-corrected chi connectivity index (χ0v) is 67.9. The summed E-state index contributed by atoms with van der Waals surface area (Å²) in [5, 5.41) is 2.68. The molecule has 0 aliphatic carbocycles. The van der Waals surface area contributed by atoms with Gasteiger partial charge in [0.1, 0.15) is 70.0 Å². The van der Waals surface area contributed by atoms with Crippen molar-refractivity contribution in [3.05, 3.63) is 225 Å². The van der Waals surface area contributed by atoms with Crippen LogP contribution in [0.5, 0.6) is 34.5 Å². The Kier molecular flexibility index (Phi) is 28.4. The number of nitrogens with zero attached hydrogens (tertiary/aromatic N) is 3. The number of rotatable bonds is 19. The summed E-state index contributed by atoms with van der Waals surface area (Å²) in [5.74, 6) is 1.21. The fourth-order valence-electron chi connectivity index (χ4n) is 12.4. The maximum atomic E-state index is 13.0. The van der Waals surface area contributed by atoms with E-state index in [1.807, 2.05) is 198 Å². The Hall–Kier alpha value is -11.8. The zero-order chi connectivity index (χ0) is 83.0.